The second kappa shape index (κ2) is 13.0. The van der Waals surface area contributed by atoms with Gasteiger partial charge in [-0.05, 0) is 327 Å². The van der Waals surface area contributed by atoms with Crippen molar-refractivity contribution in [1.82, 2.24) is 0 Å². The smallest absolute Gasteiger partial charge is 0.00211 e. The normalized spacial score (nSPS) is 80.9. The van der Waals surface area contributed by atoms with Crippen LogP contribution in [0.1, 0.15) is 392 Å². The Hall–Kier alpha value is 0. The molecule has 16 spiro atoms. The zero-order valence-electron chi connectivity index (χ0n) is 82.8. The summed E-state index contributed by atoms with van der Waals surface area (Å²) in [6.07, 6.45) is 7.46. The van der Waals surface area contributed by atoms with Crippen molar-refractivity contribution in [2.75, 3.05) is 0 Å². The highest BCUT2D eigenvalue weighted by Crippen LogP contribution is 3.43. The fourth-order valence-electron chi connectivity index (χ4n) is 75.8. The van der Waals surface area contributed by atoms with Crippen LogP contribution in [0.25, 0.3) is 0 Å². The van der Waals surface area contributed by atoms with Gasteiger partial charge in [0.05, 0.1) is 0 Å². The summed E-state index contributed by atoms with van der Waals surface area (Å²) < 4.78 is 0. The Kier molecular flexibility index (Phi) is 8.38. The molecule has 36 saturated carbocycles. The Labute approximate surface area is 682 Å². The molecule has 0 N–H and O–H groups in total. The first-order valence-corrected chi connectivity index (χ1v) is 48.9. The van der Waals surface area contributed by atoms with E-state index in [1.165, 1.54) is 32.1 Å². The fraction of sp³-hybridized carbons (Fsp3) is 1.00. The summed E-state index contributed by atoms with van der Waals surface area (Å²) in [5.41, 5.74) is -5.05. The van der Waals surface area contributed by atoms with Gasteiger partial charge >= 0.3 is 0 Å². The standard InChI is InChI=1S/C111H170/c1-58(2)77(34)106-60(4)79(36)92(49)84(41)63(8,9)81(38)67(16,17)100(92)57-101-68(18,19)83(40)65(12,13)86(43,93(79,101)50)72(26,27)105-61(5)104-71(24,25)80(37)62(6,7)78(35)59(3)96-55-97-66(14,15)82(39)64(10,11)85(42)70(22,23)99-56-98(69(84,20)21)89(81,46)76(33,90(82,99)47)54-103(109(98,100)106)74(30,31)102(111(101,105)106,53-75(32,88(78,104)45)91(83,105)48)108(96,104)107(77,110(97,99)103)73(28,29)87(44,94(80,96)51)95(85,97)52/h58-61H,53-57H2,1-52H3. The first-order valence-electron chi connectivity index (χ1n) is 48.9. The van der Waals surface area contributed by atoms with Crippen molar-refractivity contribution < 1.29 is 0 Å². The molecule has 40 atom stereocenters. The van der Waals surface area contributed by atoms with Crippen LogP contribution < -0.4 is 0 Å². The van der Waals surface area contributed by atoms with Gasteiger partial charge in [0.15, 0.2) is 0 Å². The third-order valence-electron chi connectivity index (χ3n) is 73.6. The highest BCUT2D eigenvalue weighted by molar-refractivity contribution is 6.06. The summed E-state index contributed by atoms with van der Waals surface area (Å²) in [5.74, 6) is 1.82. The van der Waals surface area contributed by atoms with E-state index in [2.05, 4.69) is 360 Å². The zero-order valence-corrected chi connectivity index (χ0v) is 82.8. The van der Waals surface area contributed by atoms with E-state index in [9.17, 15) is 0 Å². The third kappa shape index (κ3) is 2.74. The molecule has 0 amide bonds. The molecule has 0 nitrogen and oxygen atoms in total. The Morgan fingerprint density at radius 1 is 0.180 bits per heavy atom. The molecule has 0 heteroatoms. The molecular weight excluding hydrogens is 1330 g/mol. The van der Waals surface area contributed by atoms with E-state index in [0.717, 1.165) is 0 Å². The molecule has 0 aromatic rings. The van der Waals surface area contributed by atoms with Gasteiger partial charge in [0.1, 0.15) is 0 Å². The molecule has 0 aliphatic heterocycles. The topological polar surface area (TPSA) is 0 Å². The van der Waals surface area contributed by atoms with Crippen molar-refractivity contribution in [3.63, 3.8) is 0 Å². The molecule has 0 aromatic carbocycles. The van der Waals surface area contributed by atoms with E-state index in [1.807, 2.05) is 0 Å². The Morgan fingerprint density at radius 2 is 0.495 bits per heavy atom. The summed E-state index contributed by atoms with van der Waals surface area (Å²) in [7, 11) is 0. The predicted molar refractivity (Wildman–Crippen MR) is 460 cm³/mol. The van der Waals surface area contributed by atoms with Crippen LogP contribution in [0, 0.1) is 294 Å². The Bertz CT molecular complexity index is 5130. The lowest BCUT2D eigenvalue weighted by Crippen LogP contribution is -3.31. The van der Waals surface area contributed by atoms with Gasteiger partial charge in [-0.15, -0.1) is 0 Å². The van der Waals surface area contributed by atoms with E-state index in [-0.39, 0.29) is 271 Å². The van der Waals surface area contributed by atoms with E-state index in [1.54, 1.807) is 0 Å². The molecule has 111 heavy (non-hydrogen) atoms. The molecule has 614 valence electrons. The monoisotopic (exact) mass is 1500 g/mol. The second-order valence-corrected chi connectivity index (χ2v) is 63.1. The summed E-state index contributed by atoms with van der Waals surface area (Å²) >= 11 is 0. The Balaban J connectivity index is 1.11. The van der Waals surface area contributed by atoms with Gasteiger partial charge in [-0.3, -0.25) is 0 Å². The molecule has 36 bridgehead atoms. The Morgan fingerprint density at radius 3 is 0.910 bits per heavy atom. The number of hydrogen-bond donors (Lipinski definition) is 0. The average molecular weight is 1500 g/mol. The van der Waals surface area contributed by atoms with Crippen LogP contribution in [0.3, 0.4) is 0 Å². The molecule has 0 radical (unpaired) electrons. The molecule has 36 aliphatic rings. The minimum absolute atomic E-state index is 0.0374. The maximum Gasteiger partial charge on any atom is -0.00211 e. The SMILES string of the molecule is CC(C)C1(C)C23C(C)C4(C)C5(C)C6(C)C(C)(C)C7(C)C(C)(C)C58CC59C(C)(C)C%10(C)C(C)(C)C(C)(C(C)(C)C%11%12C(C)C%13%14C(C)(C)C%15(C)C(C)(C)C%16(C)C(C)C%17%18CC%19%20C(C)(C)C%21(C)C(C)(C)C%22(C)C(C)(C)C%23%24CC%25(C6(C)C)C7(C)C(C)(CC6(C(C)(C)C(CC(C)(C%10%11C)C%16%13C)(C5%122)C%17%14C1(C(C)(C)C(C)(C%18%15C)C%22%19C)C%23%206)C%2583)C%21%24C)C49C. The van der Waals surface area contributed by atoms with Crippen molar-refractivity contribution in [2.45, 2.75) is 392 Å². The van der Waals surface area contributed by atoms with Crippen LogP contribution in [0.5, 0.6) is 0 Å². The average Bonchev–Trinajstić information content (AvgIpc) is 0.488. The minimum Gasteiger partial charge on any atom is -0.0622 e. The van der Waals surface area contributed by atoms with Crippen molar-refractivity contribution in [3.05, 3.63) is 43.3 Å². The van der Waals surface area contributed by atoms with Crippen LogP contribution in [0.2, 0.25) is 0 Å². The van der Waals surface area contributed by atoms with Crippen molar-refractivity contribution in [1.29, 1.82) is 0 Å². The minimum atomic E-state index is -0.180. The summed E-state index contributed by atoms with van der Waals surface area (Å²) in [4.78, 5) is 0. The van der Waals surface area contributed by atoms with E-state index in [0.29, 0.717) is 23.7 Å². The number of rotatable bonds is 1. The summed E-state index contributed by atoms with van der Waals surface area (Å²) in [5, 5.41) is 0. The van der Waals surface area contributed by atoms with Crippen LogP contribution in [0.15, 0.2) is 0 Å². The van der Waals surface area contributed by atoms with Gasteiger partial charge in [-0.2, -0.15) is 0 Å². The predicted octanol–water partition coefficient (Wildman–Crippen LogP) is 29.8. The van der Waals surface area contributed by atoms with Crippen molar-refractivity contribution in [3.8, 4) is 0 Å². The molecule has 40 unspecified atom stereocenters. The molecule has 36 rings (SSSR count). The lowest BCUT2D eigenvalue weighted by molar-refractivity contribution is -0.801. The maximum atomic E-state index is 3.70. The van der Waals surface area contributed by atoms with Gasteiger partial charge in [0.2, 0.25) is 0 Å². The largest absolute Gasteiger partial charge is 0.0622 e. The lowest BCUT2D eigenvalue weighted by Gasteiger charge is -3.35. The van der Waals surface area contributed by atoms with Crippen LogP contribution in [-0.2, 0) is 0 Å². The molecule has 36 fully saturated rings. The van der Waals surface area contributed by atoms with E-state index >= 15 is 0 Å². The number of hydrogen-bond acceptors (Lipinski definition) is 0. The molecule has 0 aromatic heterocycles. The van der Waals surface area contributed by atoms with Gasteiger partial charge in [0, 0.05) is 0 Å². The highest BCUT2D eigenvalue weighted by Gasteiger charge is 3.39. The lowest BCUT2D eigenvalue weighted by atomic mass is 8.68. The van der Waals surface area contributed by atoms with Gasteiger partial charge in [-0.25, -0.2) is 0 Å². The maximum absolute atomic E-state index is 3.70. The van der Waals surface area contributed by atoms with Crippen molar-refractivity contribution in [2.24, 2.45) is 251 Å². The van der Waals surface area contributed by atoms with Crippen molar-refractivity contribution >= 4 is 0 Å². The molecule has 0 heterocycles. The highest BCUT2D eigenvalue weighted by atomic mass is 15.4. The van der Waals surface area contributed by atoms with E-state index < -0.39 is 0 Å². The molecular formula is C111H170. The van der Waals surface area contributed by atoms with Crippen LogP contribution >= 0.6 is 0 Å². The van der Waals surface area contributed by atoms with Crippen LogP contribution in [-0.4, -0.2) is 0 Å². The van der Waals surface area contributed by atoms with Gasteiger partial charge < -0.3 is 0 Å². The zero-order chi connectivity index (χ0) is 82.8. The van der Waals surface area contributed by atoms with Gasteiger partial charge in [-0.1, -0.05) is 360 Å². The quantitative estimate of drug-likeness (QED) is 0.245. The fourth-order valence-corrected chi connectivity index (χ4v) is 75.8. The van der Waals surface area contributed by atoms with Crippen LogP contribution in [0.4, 0.5) is 0 Å². The van der Waals surface area contributed by atoms with E-state index in [4.69, 9.17) is 0 Å². The summed E-state index contributed by atoms with van der Waals surface area (Å²) in [6, 6.07) is 0. The third-order valence-corrected chi connectivity index (χ3v) is 73.6. The van der Waals surface area contributed by atoms with Gasteiger partial charge in [0.25, 0.3) is 0 Å². The molecule has 36 aliphatic carbocycles. The molecule has 0 saturated heterocycles. The second-order valence-electron chi connectivity index (χ2n) is 63.1. The summed E-state index contributed by atoms with van der Waals surface area (Å²) in [6.45, 7) is 175. The first kappa shape index (κ1) is 71.6. The first-order chi connectivity index (χ1) is 48.9.